The summed E-state index contributed by atoms with van der Waals surface area (Å²) < 4.78 is 5.22. The lowest BCUT2D eigenvalue weighted by atomic mass is 10.4. The molecular formula is C11H19NO2. The Morgan fingerprint density at radius 3 is 2.21 bits per heavy atom. The molecule has 1 amide bonds. The minimum atomic E-state index is -0.0292. The zero-order valence-electron chi connectivity index (χ0n) is 9.03. The summed E-state index contributed by atoms with van der Waals surface area (Å²) in [5.41, 5.74) is 0. The van der Waals surface area contributed by atoms with Crippen molar-refractivity contribution in [2.45, 2.75) is 20.0 Å². The van der Waals surface area contributed by atoms with Crippen molar-refractivity contribution in [1.82, 2.24) is 4.90 Å². The number of ether oxygens (including phenoxy) is 1. The molecule has 14 heavy (non-hydrogen) atoms. The molecular weight excluding hydrogens is 178 g/mol. The van der Waals surface area contributed by atoms with Crippen LogP contribution in [-0.4, -0.2) is 36.6 Å². The first kappa shape index (κ1) is 12.9. The van der Waals surface area contributed by atoms with E-state index < -0.39 is 0 Å². The fraction of sp³-hybridized carbons (Fsp3) is 0.545. The minimum absolute atomic E-state index is 0.0292. The number of nitrogens with zero attached hydrogens (tertiary/aromatic N) is 1. The van der Waals surface area contributed by atoms with E-state index in [9.17, 15) is 4.79 Å². The summed E-state index contributed by atoms with van der Waals surface area (Å²) in [5, 5.41) is 0. The SMILES string of the molecule is C=CCN(CC=C)C(=O)COC(C)C. The molecule has 0 aromatic heterocycles. The van der Waals surface area contributed by atoms with Crippen molar-refractivity contribution in [1.29, 1.82) is 0 Å². The summed E-state index contributed by atoms with van der Waals surface area (Å²) in [6, 6.07) is 0. The summed E-state index contributed by atoms with van der Waals surface area (Å²) >= 11 is 0. The van der Waals surface area contributed by atoms with Gasteiger partial charge in [0.1, 0.15) is 6.61 Å². The third-order valence-electron chi connectivity index (χ3n) is 1.59. The van der Waals surface area contributed by atoms with E-state index in [1.54, 1.807) is 17.1 Å². The zero-order valence-corrected chi connectivity index (χ0v) is 9.03. The number of carbonyl (C=O) groups excluding carboxylic acids is 1. The maximum absolute atomic E-state index is 11.5. The lowest BCUT2D eigenvalue weighted by molar-refractivity contribution is -0.136. The Hall–Kier alpha value is -1.09. The van der Waals surface area contributed by atoms with Gasteiger partial charge in [-0.15, -0.1) is 13.2 Å². The second-order valence-electron chi connectivity index (χ2n) is 3.24. The fourth-order valence-electron chi connectivity index (χ4n) is 0.919. The van der Waals surface area contributed by atoms with Gasteiger partial charge in [-0.25, -0.2) is 0 Å². The highest BCUT2D eigenvalue weighted by Crippen LogP contribution is 1.94. The highest BCUT2D eigenvalue weighted by atomic mass is 16.5. The molecule has 3 nitrogen and oxygen atoms in total. The van der Waals surface area contributed by atoms with E-state index in [1.165, 1.54) is 0 Å². The van der Waals surface area contributed by atoms with Gasteiger partial charge in [0, 0.05) is 13.1 Å². The molecule has 0 aromatic carbocycles. The molecule has 0 unspecified atom stereocenters. The van der Waals surface area contributed by atoms with Crippen LogP contribution in [0.25, 0.3) is 0 Å². The number of rotatable bonds is 7. The van der Waals surface area contributed by atoms with E-state index in [1.807, 2.05) is 13.8 Å². The Bertz CT molecular complexity index is 189. The summed E-state index contributed by atoms with van der Waals surface area (Å²) in [6.45, 7) is 12.2. The number of amides is 1. The standard InChI is InChI=1S/C11H19NO2/c1-5-7-12(8-6-2)11(13)9-14-10(3)4/h5-6,10H,1-2,7-9H2,3-4H3. The fourth-order valence-corrected chi connectivity index (χ4v) is 0.919. The Balaban J connectivity index is 4.00. The maximum atomic E-state index is 11.5. The van der Waals surface area contributed by atoms with Crippen LogP contribution in [0.2, 0.25) is 0 Å². The molecule has 0 spiro atoms. The van der Waals surface area contributed by atoms with E-state index in [0.717, 1.165) is 0 Å². The van der Waals surface area contributed by atoms with Gasteiger partial charge in [0.25, 0.3) is 0 Å². The van der Waals surface area contributed by atoms with Crippen LogP contribution in [0, 0.1) is 0 Å². The van der Waals surface area contributed by atoms with Crippen LogP contribution in [0.1, 0.15) is 13.8 Å². The van der Waals surface area contributed by atoms with Crippen LogP contribution in [0.3, 0.4) is 0 Å². The van der Waals surface area contributed by atoms with E-state index >= 15 is 0 Å². The molecule has 0 bridgehead atoms. The molecule has 0 aliphatic carbocycles. The van der Waals surface area contributed by atoms with Crippen molar-refractivity contribution in [3.8, 4) is 0 Å². The Kier molecular flexibility index (Phi) is 6.76. The van der Waals surface area contributed by atoms with E-state index in [0.29, 0.717) is 13.1 Å². The summed E-state index contributed by atoms with van der Waals surface area (Å²) in [4.78, 5) is 13.2. The molecule has 3 heteroatoms. The molecule has 0 saturated heterocycles. The van der Waals surface area contributed by atoms with Gasteiger partial charge >= 0.3 is 0 Å². The highest BCUT2D eigenvalue weighted by Gasteiger charge is 2.10. The number of carbonyl (C=O) groups is 1. The van der Waals surface area contributed by atoms with Crippen LogP contribution >= 0.6 is 0 Å². The third-order valence-corrected chi connectivity index (χ3v) is 1.59. The average Bonchev–Trinajstić information content (AvgIpc) is 2.14. The zero-order chi connectivity index (χ0) is 11.0. The third kappa shape index (κ3) is 5.54. The lowest BCUT2D eigenvalue weighted by Gasteiger charge is -2.19. The number of hydrogen-bond acceptors (Lipinski definition) is 2. The van der Waals surface area contributed by atoms with Gasteiger partial charge < -0.3 is 9.64 Å². The predicted octanol–water partition coefficient (Wildman–Crippen LogP) is 1.61. The van der Waals surface area contributed by atoms with Crippen LogP contribution < -0.4 is 0 Å². The normalized spacial score (nSPS) is 9.93. The maximum Gasteiger partial charge on any atom is 0.249 e. The molecule has 0 radical (unpaired) electrons. The first-order chi connectivity index (χ1) is 6.61. The second kappa shape index (κ2) is 7.33. The Morgan fingerprint density at radius 2 is 1.86 bits per heavy atom. The monoisotopic (exact) mass is 197 g/mol. The van der Waals surface area contributed by atoms with Gasteiger partial charge in [-0.2, -0.15) is 0 Å². The first-order valence-electron chi connectivity index (χ1n) is 4.73. The molecule has 0 N–H and O–H groups in total. The van der Waals surface area contributed by atoms with Crippen molar-refractivity contribution in [2.24, 2.45) is 0 Å². The van der Waals surface area contributed by atoms with Crippen molar-refractivity contribution in [3.05, 3.63) is 25.3 Å². The van der Waals surface area contributed by atoms with Gasteiger partial charge in [0.15, 0.2) is 0 Å². The molecule has 0 aliphatic heterocycles. The smallest absolute Gasteiger partial charge is 0.249 e. The van der Waals surface area contributed by atoms with Gasteiger partial charge in [0.05, 0.1) is 6.10 Å². The molecule has 0 aliphatic rings. The summed E-state index contributed by atoms with van der Waals surface area (Å²) in [7, 11) is 0. The van der Waals surface area contributed by atoms with Crippen LogP contribution in [-0.2, 0) is 9.53 Å². The van der Waals surface area contributed by atoms with E-state index in [-0.39, 0.29) is 18.6 Å². The van der Waals surface area contributed by atoms with Crippen LogP contribution in [0.15, 0.2) is 25.3 Å². The quantitative estimate of drug-likeness (QED) is 0.580. The molecule has 0 atom stereocenters. The van der Waals surface area contributed by atoms with E-state index in [2.05, 4.69) is 13.2 Å². The molecule has 0 fully saturated rings. The van der Waals surface area contributed by atoms with E-state index in [4.69, 9.17) is 4.74 Å². The van der Waals surface area contributed by atoms with Crippen molar-refractivity contribution in [3.63, 3.8) is 0 Å². The van der Waals surface area contributed by atoms with Gasteiger partial charge in [-0.05, 0) is 13.8 Å². The van der Waals surface area contributed by atoms with Crippen LogP contribution in [0.5, 0.6) is 0 Å². The second-order valence-corrected chi connectivity index (χ2v) is 3.24. The molecule has 0 aromatic rings. The molecule has 0 rings (SSSR count). The first-order valence-corrected chi connectivity index (χ1v) is 4.73. The summed E-state index contributed by atoms with van der Waals surface area (Å²) in [6.07, 6.45) is 3.46. The molecule has 80 valence electrons. The summed E-state index contributed by atoms with van der Waals surface area (Å²) in [5.74, 6) is -0.0292. The van der Waals surface area contributed by atoms with Gasteiger partial charge in [0.2, 0.25) is 5.91 Å². The largest absolute Gasteiger partial charge is 0.369 e. The molecule has 0 saturated carbocycles. The topological polar surface area (TPSA) is 29.5 Å². The number of hydrogen-bond donors (Lipinski definition) is 0. The van der Waals surface area contributed by atoms with Gasteiger partial charge in [-0.3, -0.25) is 4.79 Å². The highest BCUT2D eigenvalue weighted by molar-refractivity contribution is 5.77. The average molecular weight is 197 g/mol. The Morgan fingerprint density at radius 1 is 1.36 bits per heavy atom. The van der Waals surface area contributed by atoms with Crippen molar-refractivity contribution >= 4 is 5.91 Å². The minimum Gasteiger partial charge on any atom is -0.369 e. The predicted molar refractivity (Wildman–Crippen MR) is 58.1 cm³/mol. The molecule has 0 heterocycles. The Labute approximate surface area is 86.0 Å². The van der Waals surface area contributed by atoms with Crippen molar-refractivity contribution < 1.29 is 9.53 Å². The van der Waals surface area contributed by atoms with Crippen LogP contribution in [0.4, 0.5) is 0 Å². The van der Waals surface area contributed by atoms with Crippen molar-refractivity contribution in [2.75, 3.05) is 19.7 Å². The van der Waals surface area contributed by atoms with Gasteiger partial charge in [-0.1, -0.05) is 12.2 Å². The lowest BCUT2D eigenvalue weighted by Crippen LogP contribution is -2.34.